The Kier molecular flexibility index (Phi) is 4.67. The molecule has 0 unspecified atom stereocenters. The number of thiazole rings is 1. The SMILES string of the molecule is O=c1/c(=C/c2cccs2)sc2n1[C@H](c1ccc(Br)cc1)C1=C(N=2)c2ccccc2CC1. The second-order valence-electron chi connectivity index (χ2n) is 7.68. The van der Waals surface area contributed by atoms with Gasteiger partial charge < -0.3 is 0 Å². The first-order chi connectivity index (χ1) is 15.2. The van der Waals surface area contributed by atoms with Crippen LogP contribution in [0.4, 0.5) is 0 Å². The Morgan fingerprint density at radius 1 is 1.03 bits per heavy atom. The largest absolute Gasteiger partial charge is 0.272 e. The lowest BCUT2D eigenvalue weighted by Crippen LogP contribution is -2.38. The minimum atomic E-state index is -0.127. The molecule has 2 aliphatic rings. The average Bonchev–Trinajstić information content (AvgIpc) is 3.41. The van der Waals surface area contributed by atoms with E-state index in [1.165, 1.54) is 28.0 Å². The molecule has 1 aliphatic heterocycles. The lowest BCUT2D eigenvalue weighted by atomic mass is 9.83. The number of aromatic nitrogens is 1. The Morgan fingerprint density at radius 2 is 1.87 bits per heavy atom. The Morgan fingerprint density at radius 3 is 2.68 bits per heavy atom. The molecular formula is C25H17BrN2OS2. The number of rotatable bonds is 2. The molecule has 6 heteroatoms. The van der Waals surface area contributed by atoms with Crippen molar-refractivity contribution in [2.24, 2.45) is 4.99 Å². The number of hydrogen-bond acceptors (Lipinski definition) is 4. The Labute approximate surface area is 195 Å². The second-order valence-corrected chi connectivity index (χ2v) is 10.6. The highest BCUT2D eigenvalue weighted by Gasteiger charge is 2.32. The van der Waals surface area contributed by atoms with Gasteiger partial charge in [0.2, 0.25) is 0 Å². The standard InChI is InChI=1S/C25H17BrN2OS2/c26-17-10-7-16(8-11-17)23-20-12-9-15-4-1-2-6-19(15)22(20)27-25-28(23)24(29)21(31-25)14-18-5-3-13-30-18/h1-8,10-11,13-14,23H,9,12H2/b21-14-/t23-/m1/s1. The molecule has 4 aromatic rings. The van der Waals surface area contributed by atoms with E-state index >= 15 is 0 Å². The second kappa shape index (κ2) is 7.55. The third kappa shape index (κ3) is 3.21. The maximum absolute atomic E-state index is 13.6. The van der Waals surface area contributed by atoms with Crippen LogP contribution >= 0.6 is 38.6 Å². The predicted octanol–water partition coefficient (Wildman–Crippen LogP) is 5.14. The molecule has 0 fully saturated rings. The van der Waals surface area contributed by atoms with E-state index in [0.29, 0.717) is 0 Å². The van der Waals surface area contributed by atoms with Crippen LogP contribution in [0.2, 0.25) is 0 Å². The summed E-state index contributed by atoms with van der Waals surface area (Å²) < 4.78 is 3.67. The first-order valence-corrected chi connectivity index (χ1v) is 12.6. The van der Waals surface area contributed by atoms with Crippen molar-refractivity contribution >= 4 is 50.4 Å². The van der Waals surface area contributed by atoms with E-state index in [2.05, 4.69) is 52.3 Å². The van der Waals surface area contributed by atoms with Crippen molar-refractivity contribution in [3.05, 3.63) is 117 Å². The van der Waals surface area contributed by atoms with Gasteiger partial charge in [-0.1, -0.05) is 69.7 Å². The van der Waals surface area contributed by atoms with Gasteiger partial charge in [0.05, 0.1) is 16.3 Å². The van der Waals surface area contributed by atoms with Crippen LogP contribution < -0.4 is 14.9 Å². The molecular weight excluding hydrogens is 488 g/mol. The number of nitrogens with zero attached hydrogens (tertiary/aromatic N) is 2. The van der Waals surface area contributed by atoms with E-state index < -0.39 is 0 Å². The van der Waals surface area contributed by atoms with Crippen molar-refractivity contribution in [2.45, 2.75) is 18.9 Å². The predicted molar refractivity (Wildman–Crippen MR) is 131 cm³/mol. The molecule has 1 atom stereocenters. The summed E-state index contributed by atoms with van der Waals surface area (Å²) in [7, 11) is 0. The summed E-state index contributed by atoms with van der Waals surface area (Å²) in [5.74, 6) is 0. The average molecular weight is 505 g/mol. The fourth-order valence-electron chi connectivity index (χ4n) is 4.47. The molecule has 0 bridgehead atoms. The van der Waals surface area contributed by atoms with E-state index in [0.717, 1.165) is 42.8 Å². The third-order valence-electron chi connectivity index (χ3n) is 5.88. The van der Waals surface area contributed by atoms with Crippen LogP contribution in [0.5, 0.6) is 0 Å². The number of benzene rings is 2. The normalized spacial score (nSPS) is 17.7. The Balaban J connectivity index is 1.65. The van der Waals surface area contributed by atoms with Crippen molar-refractivity contribution < 1.29 is 0 Å². The van der Waals surface area contributed by atoms with Crippen LogP contribution in [0.25, 0.3) is 11.8 Å². The van der Waals surface area contributed by atoms with Gasteiger partial charge in [-0.15, -0.1) is 11.3 Å². The Hall–Kier alpha value is -2.54. The van der Waals surface area contributed by atoms with Gasteiger partial charge in [-0.3, -0.25) is 9.36 Å². The molecule has 2 aromatic heterocycles. The summed E-state index contributed by atoms with van der Waals surface area (Å²) in [6.45, 7) is 0. The van der Waals surface area contributed by atoms with Gasteiger partial charge in [-0.05, 0) is 59.2 Å². The maximum Gasteiger partial charge on any atom is 0.271 e. The number of halogens is 1. The van der Waals surface area contributed by atoms with Gasteiger partial charge in [0, 0.05) is 14.9 Å². The molecule has 0 spiro atoms. The van der Waals surface area contributed by atoms with Crippen LogP contribution in [-0.4, -0.2) is 4.57 Å². The number of thiophene rings is 1. The third-order valence-corrected chi connectivity index (χ3v) is 8.21. The van der Waals surface area contributed by atoms with E-state index in [1.54, 1.807) is 11.3 Å². The first-order valence-electron chi connectivity index (χ1n) is 10.1. The molecule has 2 aromatic carbocycles. The maximum atomic E-state index is 13.6. The molecule has 1 aliphatic carbocycles. The highest BCUT2D eigenvalue weighted by Crippen LogP contribution is 2.41. The summed E-state index contributed by atoms with van der Waals surface area (Å²) in [4.78, 5) is 20.5. The fourth-order valence-corrected chi connectivity index (χ4v) is 6.46. The van der Waals surface area contributed by atoms with E-state index in [1.807, 2.05) is 40.3 Å². The fraction of sp³-hybridized carbons (Fsp3) is 0.120. The summed E-state index contributed by atoms with van der Waals surface area (Å²) in [6, 6.07) is 20.8. The summed E-state index contributed by atoms with van der Waals surface area (Å²) in [6.07, 6.45) is 3.87. The minimum Gasteiger partial charge on any atom is -0.272 e. The van der Waals surface area contributed by atoms with Crippen molar-refractivity contribution in [3.63, 3.8) is 0 Å². The topological polar surface area (TPSA) is 34.4 Å². The van der Waals surface area contributed by atoms with Crippen LogP contribution in [-0.2, 0) is 6.42 Å². The zero-order valence-corrected chi connectivity index (χ0v) is 19.6. The van der Waals surface area contributed by atoms with Gasteiger partial charge in [0.25, 0.3) is 5.56 Å². The molecule has 3 heterocycles. The lowest BCUT2D eigenvalue weighted by molar-refractivity contribution is 0.585. The minimum absolute atomic E-state index is 0.0375. The quantitative estimate of drug-likeness (QED) is 0.372. The van der Waals surface area contributed by atoms with Crippen molar-refractivity contribution in [1.29, 1.82) is 0 Å². The molecule has 0 radical (unpaired) electrons. The van der Waals surface area contributed by atoms with Gasteiger partial charge in [-0.25, -0.2) is 4.99 Å². The zero-order chi connectivity index (χ0) is 20.9. The number of allylic oxidation sites excluding steroid dienone is 1. The highest BCUT2D eigenvalue weighted by molar-refractivity contribution is 9.10. The van der Waals surface area contributed by atoms with E-state index in [4.69, 9.17) is 4.99 Å². The van der Waals surface area contributed by atoms with Gasteiger partial charge in [0.1, 0.15) is 0 Å². The molecule has 6 rings (SSSR count). The van der Waals surface area contributed by atoms with Crippen LogP contribution in [0, 0.1) is 0 Å². The van der Waals surface area contributed by atoms with Gasteiger partial charge in [-0.2, -0.15) is 0 Å². The summed E-state index contributed by atoms with van der Waals surface area (Å²) >= 11 is 6.66. The highest BCUT2D eigenvalue weighted by atomic mass is 79.9. The monoisotopic (exact) mass is 504 g/mol. The smallest absolute Gasteiger partial charge is 0.271 e. The van der Waals surface area contributed by atoms with Crippen molar-refractivity contribution in [3.8, 4) is 0 Å². The van der Waals surface area contributed by atoms with E-state index in [9.17, 15) is 4.79 Å². The summed E-state index contributed by atoms with van der Waals surface area (Å²) in [5.41, 5.74) is 5.96. The molecule has 0 amide bonds. The summed E-state index contributed by atoms with van der Waals surface area (Å²) in [5, 5.41) is 2.03. The number of fused-ring (bicyclic) bond motifs is 3. The lowest BCUT2D eigenvalue weighted by Gasteiger charge is -2.30. The van der Waals surface area contributed by atoms with Crippen LogP contribution in [0.1, 0.15) is 34.0 Å². The van der Waals surface area contributed by atoms with Gasteiger partial charge >= 0.3 is 0 Å². The Bertz CT molecular complexity index is 1510. The van der Waals surface area contributed by atoms with Crippen LogP contribution in [0.15, 0.2) is 85.9 Å². The molecule has 0 N–H and O–H groups in total. The van der Waals surface area contributed by atoms with Gasteiger partial charge in [0.15, 0.2) is 4.80 Å². The first kappa shape index (κ1) is 19.2. The van der Waals surface area contributed by atoms with E-state index in [-0.39, 0.29) is 11.6 Å². The van der Waals surface area contributed by atoms with Crippen molar-refractivity contribution in [2.75, 3.05) is 0 Å². The zero-order valence-electron chi connectivity index (χ0n) is 16.4. The molecule has 3 nitrogen and oxygen atoms in total. The van der Waals surface area contributed by atoms with Crippen LogP contribution in [0.3, 0.4) is 0 Å². The molecule has 152 valence electrons. The molecule has 0 saturated carbocycles. The molecule has 0 saturated heterocycles. The van der Waals surface area contributed by atoms with Crippen molar-refractivity contribution in [1.82, 2.24) is 4.57 Å². The number of hydrogen-bond donors (Lipinski definition) is 0. The number of aryl methyl sites for hydroxylation is 1. The molecule has 31 heavy (non-hydrogen) atoms.